The fraction of sp³-hybridized carbons (Fsp3) is 0.867. The number of nitrogens with two attached hydrogens (primary N) is 1. The summed E-state index contributed by atoms with van der Waals surface area (Å²) in [6, 6.07) is -0.881. The van der Waals surface area contributed by atoms with E-state index >= 15 is 0 Å². The minimum absolute atomic E-state index is 0.00247. The minimum atomic E-state index is -0.401. The van der Waals surface area contributed by atoms with E-state index in [4.69, 9.17) is 5.73 Å². The number of nitrogens with one attached hydrogen (secondary N) is 7. The smallest absolute Gasteiger partial charge is 0.237 e. The molecular weight excluding hydrogens is 536 g/mol. The highest BCUT2D eigenvalue weighted by atomic mass is 16.2. The number of hydrogen-bond donors (Lipinski definition) is 8. The van der Waals surface area contributed by atoms with E-state index in [2.05, 4.69) is 37.2 Å². The Bertz CT molecular complexity index is 684. The van der Waals surface area contributed by atoms with Gasteiger partial charge in [0.1, 0.15) is 12.1 Å². The molecule has 4 atom stereocenters. The average molecular weight is 601 g/mol. The first kappa shape index (κ1) is 42.2. The second-order valence-corrected chi connectivity index (χ2v) is 10.8. The van der Waals surface area contributed by atoms with E-state index in [1.54, 1.807) is 14.0 Å². The highest BCUT2D eigenvalue weighted by molar-refractivity contribution is 5.84. The van der Waals surface area contributed by atoms with Crippen LogP contribution in [-0.2, 0) is 19.2 Å². The van der Waals surface area contributed by atoms with E-state index in [0.29, 0.717) is 19.4 Å². The number of aldehydes is 1. The molecule has 0 fully saturated rings. The number of amides is 2. The van der Waals surface area contributed by atoms with Gasteiger partial charge in [0.15, 0.2) is 0 Å². The van der Waals surface area contributed by atoms with Gasteiger partial charge in [-0.05, 0) is 126 Å². The molecule has 12 heteroatoms. The number of likely N-dealkylation sites (N-methyl/N-ethyl adjacent to an activating group) is 2. The molecule has 12 nitrogen and oxygen atoms in total. The number of Topliss-reactive ketones (excluding diaryl/α,β-unsaturated/α-hetero) is 1. The predicted octanol–water partition coefficient (Wildman–Crippen LogP) is 0.204. The van der Waals surface area contributed by atoms with Crippen LogP contribution in [0.25, 0.3) is 0 Å². The molecule has 0 aliphatic rings. The van der Waals surface area contributed by atoms with Gasteiger partial charge in [-0.25, -0.2) is 0 Å². The van der Waals surface area contributed by atoms with Crippen LogP contribution in [0.1, 0.15) is 84.0 Å². The third-order valence-corrected chi connectivity index (χ3v) is 6.99. The summed E-state index contributed by atoms with van der Waals surface area (Å²) in [5.74, 6) is 0.0225. The van der Waals surface area contributed by atoms with E-state index in [0.717, 1.165) is 90.1 Å². The number of carbonyl (C=O) groups excluding carboxylic acids is 4. The molecule has 0 aliphatic carbocycles. The van der Waals surface area contributed by atoms with Crippen molar-refractivity contribution in [2.24, 2.45) is 5.73 Å². The highest BCUT2D eigenvalue weighted by Crippen LogP contribution is 2.06. The van der Waals surface area contributed by atoms with Crippen molar-refractivity contribution < 1.29 is 19.2 Å². The lowest BCUT2D eigenvalue weighted by Gasteiger charge is -2.22. The number of unbranched alkanes of at least 4 members (excludes halogenated alkanes) is 3. The first-order valence-electron chi connectivity index (χ1n) is 15.8. The fourth-order valence-electron chi connectivity index (χ4n) is 4.48. The fourth-order valence-corrected chi connectivity index (χ4v) is 4.48. The molecule has 0 radical (unpaired) electrons. The van der Waals surface area contributed by atoms with Crippen LogP contribution >= 0.6 is 0 Å². The molecule has 0 bridgehead atoms. The summed E-state index contributed by atoms with van der Waals surface area (Å²) < 4.78 is 0. The van der Waals surface area contributed by atoms with Crippen LogP contribution in [0.4, 0.5) is 0 Å². The molecule has 0 rings (SSSR count). The molecule has 0 spiro atoms. The van der Waals surface area contributed by atoms with Crippen molar-refractivity contribution in [3.05, 3.63) is 0 Å². The molecule has 0 saturated heterocycles. The lowest BCUT2D eigenvalue weighted by Crippen LogP contribution is -2.47. The molecule has 9 N–H and O–H groups in total. The van der Waals surface area contributed by atoms with Crippen molar-refractivity contribution in [2.75, 3.05) is 61.4 Å². The molecule has 248 valence electrons. The molecule has 4 unspecified atom stereocenters. The van der Waals surface area contributed by atoms with Crippen molar-refractivity contribution in [2.45, 2.75) is 108 Å². The Balaban J connectivity index is 0. The van der Waals surface area contributed by atoms with Gasteiger partial charge in [0.2, 0.25) is 11.8 Å². The van der Waals surface area contributed by atoms with Gasteiger partial charge in [-0.3, -0.25) is 14.4 Å². The zero-order valence-electron chi connectivity index (χ0n) is 27.4. The Labute approximate surface area is 255 Å². The van der Waals surface area contributed by atoms with Crippen molar-refractivity contribution in [1.29, 1.82) is 0 Å². The number of hydrogen-bond acceptors (Lipinski definition) is 10. The summed E-state index contributed by atoms with van der Waals surface area (Å²) in [5, 5.41) is 21.2. The normalized spacial score (nSPS) is 13.7. The summed E-state index contributed by atoms with van der Waals surface area (Å²) in [4.78, 5) is 46.7. The molecule has 0 saturated carbocycles. The summed E-state index contributed by atoms with van der Waals surface area (Å²) in [6.07, 6.45) is 11.0. The molecule has 0 aromatic carbocycles. The van der Waals surface area contributed by atoms with E-state index in [1.807, 2.05) is 28.2 Å². The van der Waals surface area contributed by atoms with Gasteiger partial charge in [0.05, 0.1) is 18.1 Å². The van der Waals surface area contributed by atoms with Crippen LogP contribution < -0.4 is 43.0 Å². The lowest BCUT2D eigenvalue weighted by atomic mass is 10.0. The molecule has 0 heterocycles. The summed E-state index contributed by atoms with van der Waals surface area (Å²) in [5.41, 5.74) is 5.42. The largest absolute Gasteiger partial charge is 0.352 e. The van der Waals surface area contributed by atoms with Gasteiger partial charge in [0.25, 0.3) is 0 Å². The van der Waals surface area contributed by atoms with Crippen LogP contribution in [0.5, 0.6) is 0 Å². The summed E-state index contributed by atoms with van der Waals surface area (Å²) in [6.45, 7) is 5.00. The topological polar surface area (TPSA) is 179 Å². The predicted molar refractivity (Wildman–Crippen MR) is 173 cm³/mol. The van der Waals surface area contributed by atoms with E-state index in [-0.39, 0.29) is 35.7 Å². The standard InChI is InChI=1S/C16H34N4O2.C14H30N4O2/c1-13(21)12-14(8-7-11-18-3)20-16(22)15(19-4)9-5-6-10-17-2;1-16-10-6-4-8-13(17-2)14(20)18-12(11-19)7-3-5-9-15/h14-15,17-19H,5-12H2,1-4H3,(H,20,22);11-13,16-17H,3-10,15H2,1-2H3,(H,18,20). The van der Waals surface area contributed by atoms with Gasteiger partial charge >= 0.3 is 0 Å². The first-order valence-corrected chi connectivity index (χ1v) is 15.8. The van der Waals surface area contributed by atoms with E-state index in [1.165, 1.54) is 0 Å². The maximum absolute atomic E-state index is 12.3. The van der Waals surface area contributed by atoms with Crippen molar-refractivity contribution in [3.63, 3.8) is 0 Å². The van der Waals surface area contributed by atoms with Crippen molar-refractivity contribution in [1.82, 2.24) is 37.2 Å². The van der Waals surface area contributed by atoms with Gasteiger partial charge < -0.3 is 47.7 Å². The second kappa shape index (κ2) is 30.5. The van der Waals surface area contributed by atoms with Gasteiger partial charge in [-0.2, -0.15) is 0 Å². The Kier molecular flexibility index (Phi) is 30.6. The third kappa shape index (κ3) is 24.6. The lowest BCUT2D eigenvalue weighted by molar-refractivity contribution is -0.126. The van der Waals surface area contributed by atoms with Crippen LogP contribution in [0, 0.1) is 0 Å². The molecule has 0 aliphatic heterocycles. The van der Waals surface area contributed by atoms with Crippen molar-refractivity contribution in [3.8, 4) is 0 Å². The molecule has 2 amide bonds. The Hall–Kier alpha value is -1.96. The van der Waals surface area contributed by atoms with Gasteiger partial charge in [0, 0.05) is 12.5 Å². The number of ketones is 1. The molecule has 0 aromatic rings. The van der Waals surface area contributed by atoms with Gasteiger partial charge in [-0.15, -0.1) is 0 Å². The highest BCUT2D eigenvalue weighted by Gasteiger charge is 2.21. The van der Waals surface area contributed by atoms with Crippen molar-refractivity contribution >= 4 is 23.9 Å². The average Bonchev–Trinajstić information content (AvgIpc) is 2.96. The SMILES string of the molecule is CNCCCCC(NC)C(=O)NC(C=O)CCCCN.CNCCCCC(NC)C(=O)NC(CCCNC)CC(C)=O. The van der Waals surface area contributed by atoms with Crippen LogP contribution in [-0.4, -0.2) is 109 Å². The Morgan fingerprint density at radius 2 is 1.12 bits per heavy atom. The second-order valence-electron chi connectivity index (χ2n) is 10.8. The van der Waals surface area contributed by atoms with Crippen LogP contribution in [0.2, 0.25) is 0 Å². The molecule has 0 aromatic heterocycles. The maximum atomic E-state index is 12.3. The first-order chi connectivity index (χ1) is 20.2. The zero-order valence-corrected chi connectivity index (χ0v) is 27.4. The quantitative estimate of drug-likeness (QED) is 0.0480. The maximum Gasteiger partial charge on any atom is 0.237 e. The Morgan fingerprint density at radius 3 is 1.55 bits per heavy atom. The molecule has 42 heavy (non-hydrogen) atoms. The van der Waals surface area contributed by atoms with E-state index < -0.39 is 6.04 Å². The Morgan fingerprint density at radius 1 is 0.643 bits per heavy atom. The minimum Gasteiger partial charge on any atom is -0.352 e. The zero-order chi connectivity index (χ0) is 32.0. The van der Waals surface area contributed by atoms with Crippen LogP contribution in [0.15, 0.2) is 0 Å². The monoisotopic (exact) mass is 601 g/mol. The molecular formula is C30H64N8O4. The summed E-state index contributed by atoms with van der Waals surface area (Å²) in [7, 11) is 9.33. The summed E-state index contributed by atoms with van der Waals surface area (Å²) >= 11 is 0. The van der Waals surface area contributed by atoms with Gasteiger partial charge in [-0.1, -0.05) is 12.8 Å². The van der Waals surface area contributed by atoms with Crippen LogP contribution in [0.3, 0.4) is 0 Å². The number of carbonyl (C=O) groups is 4. The van der Waals surface area contributed by atoms with E-state index in [9.17, 15) is 19.2 Å². The number of rotatable bonds is 27. The third-order valence-electron chi connectivity index (χ3n) is 6.99.